The van der Waals surface area contributed by atoms with E-state index in [9.17, 15) is 0 Å². The van der Waals surface area contributed by atoms with E-state index in [1.165, 1.54) is 11.3 Å². The Bertz CT molecular complexity index is 775. The molecule has 0 aliphatic carbocycles. The van der Waals surface area contributed by atoms with Gasteiger partial charge in [0.2, 0.25) is 0 Å². The number of hydrogen-bond donors (Lipinski definition) is 2. The van der Waals surface area contributed by atoms with Gasteiger partial charge in [-0.2, -0.15) is 0 Å². The Labute approximate surface area is 185 Å². The normalized spacial score (nSPS) is 16.5. The standard InChI is InChI=1S/C21H30N6.HI/c1-16-8-10-19(11-9-16)27-13-12-18(15-27)25-21(22-2)23-14-17-6-5-7-20(24-17)26(3)4;/h5-11,18H,12-15H2,1-4H3,(H2,22,23,25);1H. The number of anilines is 2. The van der Waals surface area contributed by atoms with Gasteiger partial charge < -0.3 is 20.4 Å². The average Bonchev–Trinajstić information content (AvgIpc) is 3.14. The van der Waals surface area contributed by atoms with E-state index in [0.717, 1.165) is 37.0 Å². The summed E-state index contributed by atoms with van der Waals surface area (Å²) >= 11 is 0. The molecule has 3 rings (SSSR count). The highest BCUT2D eigenvalue weighted by Gasteiger charge is 2.23. The third-order valence-corrected chi connectivity index (χ3v) is 4.84. The van der Waals surface area contributed by atoms with Crippen molar-refractivity contribution < 1.29 is 0 Å². The smallest absolute Gasteiger partial charge is 0.191 e. The summed E-state index contributed by atoms with van der Waals surface area (Å²) in [6, 6.07) is 15.2. The highest BCUT2D eigenvalue weighted by Crippen LogP contribution is 2.20. The van der Waals surface area contributed by atoms with Crippen molar-refractivity contribution in [2.45, 2.75) is 25.9 Å². The van der Waals surface area contributed by atoms with Crippen LogP contribution in [0.25, 0.3) is 0 Å². The predicted molar refractivity (Wildman–Crippen MR) is 129 cm³/mol. The summed E-state index contributed by atoms with van der Waals surface area (Å²) in [4.78, 5) is 13.4. The van der Waals surface area contributed by atoms with Crippen LogP contribution in [0.5, 0.6) is 0 Å². The summed E-state index contributed by atoms with van der Waals surface area (Å²) in [6.45, 7) is 4.81. The molecule has 0 radical (unpaired) electrons. The van der Waals surface area contributed by atoms with Crippen molar-refractivity contribution in [3.05, 3.63) is 53.7 Å². The predicted octanol–water partition coefficient (Wildman–Crippen LogP) is 3.02. The molecule has 1 aromatic heterocycles. The summed E-state index contributed by atoms with van der Waals surface area (Å²) < 4.78 is 0. The Morgan fingerprint density at radius 2 is 1.96 bits per heavy atom. The van der Waals surface area contributed by atoms with E-state index in [-0.39, 0.29) is 24.0 Å². The van der Waals surface area contributed by atoms with Crippen molar-refractivity contribution in [1.82, 2.24) is 15.6 Å². The molecule has 2 heterocycles. The Hall–Kier alpha value is -2.03. The first-order valence-corrected chi connectivity index (χ1v) is 9.47. The molecule has 6 nitrogen and oxygen atoms in total. The van der Waals surface area contributed by atoms with Crippen LogP contribution in [0.1, 0.15) is 17.7 Å². The SMILES string of the molecule is CN=C(NCc1cccc(N(C)C)n1)NC1CCN(c2ccc(C)cc2)C1.I. The minimum atomic E-state index is 0. The quantitative estimate of drug-likeness (QED) is 0.381. The fourth-order valence-corrected chi connectivity index (χ4v) is 3.24. The van der Waals surface area contributed by atoms with Crippen LogP contribution >= 0.6 is 24.0 Å². The molecule has 2 aromatic rings. The Balaban J connectivity index is 0.00000280. The molecule has 28 heavy (non-hydrogen) atoms. The Morgan fingerprint density at radius 1 is 1.21 bits per heavy atom. The monoisotopic (exact) mass is 494 g/mol. The minimum absolute atomic E-state index is 0. The van der Waals surface area contributed by atoms with Gasteiger partial charge in [0.05, 0.1) is 12.2 Å². The van der Waals surface area contributed by atoms with Gasteiger partial charge in [0.1, 0.15) is 5.82 Å². The zero-order valence-electron chi connectivity index (χ0n) is 17.1. The third-order valence-electron chi connectivity index (χ3n) is 4.84. The van der Waals surface area contributed by atoms with Crippen molar-refractivity contribution in [2.24, 2.45) is 4.99 Å². The van der Waals surface area contributed by atoms with Crippen molar-refractivity contribution >= 4 is 41.4 Å². The summed E-state index contributed by atoms with van der Waals surface area (Å²) in [7, 11) is 5.81. The molecule has 1 saturated heterocycles. The lowest BCUT2D eigenvalue weighted by Crippen LogP contribution is -2.44. The van der Waals surface area contributed by atoms with Crippen molar-refractivity contribution in [1.29, 1.82) is 0 Å². The first-order valence-electron chi connectivity index (χ1n) is 9.47. The number of halogens is 1. The van der Waals surface area contributed by atoms with Crippen LogP contribution in [-0.4, -0.2) is 51.2 Å². The number of pyridine rings is 1. The van der Waals surface area contributed by atoms with Crippen molar-refractivity contribution in [2.75, 3.05) is 44.0 Å². The van der Waals surface area contributed by atoms with Crippen LogP contribution in [-0.2, 0) is 6.54 Å². The maximum atomic E-state index is 4.64. The first-order chi connectivity index (χ1) is 13.0. The van der Waals surface area contributed by atoms with Crippen LogP contribution in [0.4, 0.5) is 11.5 Å². The van der Waals surface area contributed by atoms with E-state index >= 15 is 0 Å². The largest absolute Gasteiger partial charge is 0.369 e. The summed E-state index contributed by atoms with van der Waals surface area (Å²) in [6.07, 6.45) is 1.10. The molecule has 1 aliphatic rings. The van der Waals surface area contributed by atoms with Gasteiger partial charge in [-0.1, -0.05) is 23.8 Å². The molecule has 1 unspecified atom stereocenters. The lowest BCUT2D eigenvalue weighted by molar-refractivity contribution is 0.647. The van der Waals surface area contributed by atoms with Gasteiger partial charge in [-0.15, -0.1) is 24.0 Å². The van der Waals surface area contributed by atoms with Gasteiger partial charge in [0, 0.05) is 46.0 Å². The molecule has 1 aliphatic heterocycles. The Kier molecular flexibility index (Phi) is 8.35. The lowest BCUT2D eigenvalue weighted by Gasteiger charge is -2.20. The molecule has 0 spiro atoms. The summed E-state index contributed by atoms with van der Waals surface area (Å²) in [5.41, 5.74) is 3.58. The molecule has 1 aromatic carbocycles. The molecular formula is C21H31IN6. The molecule has 2 N–H and O–H groups in total. The molecule has 7 heteroatoms. The Morgan fingerprint density at radius 3 is 2.64 bits per heavy atom. The number of aliphatic imine (C=N–C) groups is 1. The maximum absolute atomic E-state index is 4.64. The molecule has 1 atom stereocenters. The lowest BCUT2D eigenvalue weighted by atomic mass is 10.2. The second kappa shape index (κ2) is 10.5. The third kappa shape index (κ3) is 5.98. The van der Waals surface area contributed by atoms with Crippen molar-refractivity contribution in [3.63, 3.8) is 0 Å². The molecule has 0 amide bonds. The second-order valence-electron chi connectivity index (χ2n) is 7.22. The van der Waals surface area contributed by atoms with E-state index in [2.05, 4.69) is 56.7 Å². The van der Waals surface area contributed by atoms with Gasteiger partial charge in [-0.25, -0.2) is 4.98 Å². The zero-order chi connectivity index (χ0) is 19.2. The highest BCUT2D eigenvalue weighted by atomic mass is 127. The van der Waals surface area contributed by atoms with Gasteiger partial charge in [-0.05, 0) is 37.6 Å². The number of hydrogen-bond acceptors (Lipinski definition) is 4. The summed E-state index contributed by atoms with van der Waals surface area (Å²) in [5.74, 6) is 1.78. The molecular weight excluding hydrogens is 463 g/mol. The molecule has 0 saturated carbocycles. The fraction of sp³-hybridized carbons (Fsp3) is 0.429. The minimum Gasteiger partial charge on any atom is -0.369 e. The molecule has 152 valence electrons. The zero-order valence-corrected chi connectivity index (χ0v) is 19.5. The van der Waals surface area contributed by atoms with E-state index < -0.39 is 0 Å². The van der Waals surface area contributed by atoms with Crippen LogP contribution < -0.4 is 20.4 Å². The topological polar surface area (TPSA) is 55.8 Å². The van der Waals surface area contributed by atoms with Crippen LogP contribution in [0, 0.1) is 6.92 Å². The number of aromatic nitrogens is 1. The second-order valence-corrected chi connectivity index (χ2v) is 7.22. The maximum Gasteiger partial charge on any atom is 0.191 e. The van der Waals surface area contributed by atoms with Gasteiger partial charge in [-0.3, -0.25) is 4.99 Å². The van der Waals surface area contributed by atoms with E-state index in [1.807, 2.05) is 44.2 Å². The first kappa shape index (κ1) is 22.3. The molecule has 0 bridgehead atoms. The fourth-order valence-electron chi connectivity index (χ4n) is 3.24. The van der Waals surface area contributed by atoms with Crippen molar-refractivity contribution in [3.8, 4) is 0 Å². The highest BCUT2D eigenvalue weighted by molar-refractivity contribution is 14.0. The van der Waals surface area contributed by atoms with E-state index in [0.29, 0.717) is 12.6 Å². The van der Waals surface area contributed by atoms with Crippen LogP contribution in [0.15, 0.2) is 47.5 Å². The van der Waals surface area contributed by atoms with E-state index in [4.69, 9.17) is 0 Å². The van der Waals surface area contributed by atoms with Gasteiger partial charge >= 0.3 is 0 Å². The number of guanidine groups is 1. The average molecular weight is 494 g/mol. The molecule has 1 fully saturated rings. The van der Waals surface area contributed by atoms with Gasteiger partial charge in [0.15, 0.2) is 5.96 Å². The van der Waals surface area contributed by atoms with Gasteiger partial charge in [0.25, 0.3) is 0 Å². The number of rotatable bonds is 5. The van der Waals surface area contributed by atoms with Crippen LogP contribution in [0.2, 0.25) is 0 Å². The number of benzene rings is 1. The van der Waals surface area contributed by atoms with E-state index in [1.54, 1.807) is 0 Å². The number of nitrogens with zero attached hydrogens (tertiary/aromatic N) is 4. The number of nitrogens with one attached hydrogen (secondary N) is 2. The number of aryl methyl sites for hydroxylation is 1. The summed E-state index contributed by atoms with van der Waals surface area (Å²) in [5, 5.41) is 6.92. The van der Waals surface area contributed by atoms with Crippen LogP contribution in [0.3, 0.4) is 0 Å².